The second kappa shape index (κ2) is 6.86. The number of ether oxygens (including phenoxy) is 1. The van der Waals surface area contributed by atoms with Crippen LogP contribution in [-0.2, 0) is 4.74 Å². The molecule has 0 N–H and O–H groups in total. The third-order valence-electron chi connectivity index (χ3n) is 4.45. The molecule has 0 aromatic carbocycles. The van der Waals surface area contributed by atoms with E-state index >= 15 is 0 Å². The molecule has 24 heavy (non-hydrogen) atoms. The number of hydrogen-bond donors (Lipinski definition) is 0. The van der Waals surface area contributed by atoms with Crippen LogP contribution in [-0.4, -0.2) is 60.2 Å². The number of anilines is 1. The number of aromatic nitrogens is 2. The highest BCUT2D eigenvalue weighted by Gasteiger charge is 2.21. The Morgan fingerprint density at radius 3 is 2.62 bits per heavy atom. The molecule has 126 valence electrons. The second-order valence-electron chi connectivity index (χ2n) is 6.04. The molecule has 2 fully saturated rings. The van der Waals surface area contributed by atoms with Crippen LogP contribution in [0.15, 0.2) is 23.7 Å². The van der Waals surface area contributed by atoms with E-state index in [0.29, 0.717) is 32.0 Å². The fourth-order valence-electron chi connectivity index (χ4n) is 3.08. The van der Waals surface area contributed by atoms with Gasteiger partial charge in [-0.25, -0.2) is 9.97 Å². The van der Waals surface area contributed by atoms with E-state index in [4.69, 9.17) is 4.74 Å². The van der Waals surface area contributed by atoms with Crippen LogP contribution in [0, 0.1) is 0 Å². The van der Waals surface area contributed by atoms with E-state index < -0.39 is 0 Å². The summed E-state index contributed by atoms with van der Waals surface area (Å²) in [5.74, 6) is 1.01. The first-order valence-electron chi connectivity index (χ1n) is 8.35. The van der Waals surface area contributed by atoms with E-state index in [1.165, 1.54) is 24.2 Å². The fourth-order valence-corrected chi connectivity index (χ4v) is 3.86. The lowest BCUT2D eigenvalue weighted by Crippen LogP contribution is -2.40. The van der Waals surface area contributed by atoms with Gasteiger partial charge in [-0.2, -0.15) is 0 Å². The van der Waals surface area contributed by atoms with Crippen molar-refractivity contribution in [2.75, 3.05) is 44.3 Å². The maximum Gasteiger partial charge on any atom is 0.273 e. The van der Waals surface area contributed by atoms with Crippen LogP contribution >= 0.6 is 11.3 Å². The van der Waals surface area contributed by atoms with Crippen LogP contribution in [0.2, 0.25) is 0 Å². The Morgan fingerprint density at radius 2 is 1.92 bits per heavy atom. The van der Waals surface area contributed by atoms with Gasteiger partial charge < -0.3 is 14.5 Å². The number of thiazole rings is 1. The first-order chi connectivity index (χ1) is 11.8. The zero-order valence-corrected chi connectivity index (χ0v) is 14.3. The van der Waals surface area contributed by atoms with Crippen molar-refractivity contribution in [3.8, 4) is 10.6 Å². The summed E-state index contributed by atoms with van der Waals surface area (Å²) < 4.78 is 5.29. The minimum atomic E-state index is -0.0116. The average Bonchev–Trinajstić information content (AvgIpc) is 3.34. The molecule has 2 saturated heterocycles. The lowest BCUT2D eigenvalue weighted by atomic mass is 10.3. The summed E-state index contributed by atoms with van der Waals surface area (Å²) in [6, 6.07) is 4.09. The largest absolute Gasteiger partial charge is 0.378 e. The molecule has 0 bridgehead atoms. The smallest absolute Gasteiger partial charge is 0.273 e. The zero-order chi connectivity index (χ0) is 16.4. The molecule has 0 unspecified atom stereocenters. The molecule has 2 aliphatic heterocycles. The van der Waals surface area contributed by atoms with Gasteiger partial charge in [0.05, 0.1) is 13.2 Å². The number of pyridine rings is 1. The van der Waals surface area contributed by atoms with E-state index in [1.807, 2.05) is 23.7 Å². The normalized spacial score (nSPS) is 18.2. The number of morpholine rings is 1. The number of carbonyl (C=O) groups excluding carboxylic acids is 1. The van der Waals surface area contributed by atoms with Gasteiger partial charge in [-0.05, 0) is 25.0 Å². The Hall–Kier alpha value is -1.99. The second-order valence-corrected chi connectivity index (χ2v) is 6.90. The Kier molecular flexibility index (Phi) is 4.44. The molecule has 1 amide bonds. The van der Waals surface area contributed by atoms with Crippen molar-refractivity contribution in [1.29, 1.82) is 0 Å². The van der Waals surface area contributed by atoms with E-state index in [-0.39, 0.29) is 5.91 Å². The molecule has 2 aromatic heterocycles. The standard InChI is InChI=1S/C17H20N4O2S/c22-17(21-7-9-23-10-8-21)14-12-24-16(19-14)13-3-4-15(18-11-13)20-5-1-2-6-20/h3-4,11-12H,1-2,5-10H2. The predicted octanol–water partition coefficient (Wildman–Crippen LogP) is 2.28. The Morgan fingerprint density at radius 1 is 1.12 bits per heavy atom. The SMILES string of the molecule is O=C(c1csc(-c2ccc(N3CCCC3)nc2)n1)N1CCOCC1. The quantitative estimate of drug-likeness (QED) is 0.855. The van der Waals surface area contributed by atoms with Gasteiger partial charge in [0.25, 0.3) is 5.91 Å². The predicted molar refractivity (Wildman–Crippen MR) is 93.5 cm³/mol. The van der Waals surface area contributed by atoms with E-state index in [0.717, 1.165) is 29.5 Å². The summed E-state index contributed by atoms with van der Waals surface area (Å²) >= 11 is 1.49. The first kappa shape index (κ1) is 15.5. The molecule has 0 atom stereocenters. The lowest BCUT2D eigenvalue weighted by Gasteiger charge is -2.25. The molecule has 4 heterocycles. The summed E-state index contributed by atoms with van der Waals surface area (Å²) in [5, 5.41) is 2.67. The molecule has 0 saturated carbocycles. The number of nitrogens with zero attached hydrogens (tertiary/aromatic N) is 4. The zero-order valence-electron chi connectivity index (χ0n) is 13.5. The van der Waals surface area contributed by atoms with Crippen molar-refractivity contribution in [2.24, 2.45) is 0 Å². The Labute approximate surface area is 145 Å². The van der Waals surface area contributed by atoms with Gasteiger partial charge in [-0.3, -0.25) is 4.79 Å². The number of rotatable bonds is 3. The summed E-state index contributed by atoms with van der Waals surface area (Å²) in [4.78, 5) is 25.6. The monoisotopic (exact) mass is 344 g/mol. The summed E-state index contributed by atoms with van der Waals surface area (Å²) in [6.07, 6.45) is 4.33. The van der Waals surface area contributed by atoms with E-state index in [2.05, 4.69) is 14.9 Å². The molecular formula is C17H20N4O2S. The van der Waals surface area contributed by atoms with Gasteiger partial charge in [-0.1, -0.05) is 0 Å². The van der Waals surface area contributed by atoms with Crippen LogP contribution < -0.4 is 4.90 Å². The average molecular weight is 344 g/mol. The van der Waals surface area contributed by atoms with Crippen LogP contribution in [0.3, 0.4) is 0 Å². The number of hydrogen-bond acceptors (Lipinski definition) is 6. The highest BCUT2D eigenvalue weighted by molar-refractivity contribution is 7.13. The molecule has 0 spiro atoms. The van der Waals surface area contributed by atoms with Crippen LogP contribution in [0.4, 0.5) is 5.82 Å². The van der Waals surface area contributed by atoms with Crippen LogP contribution in [0.5, 0.6) is 0 Å². The molecule has 7 heteroatoms. The third-order valence-corrected chi connectivity index (χ3v) is 5.34. The molecule has 4 rings (SSSR count). The van der Waals surface area contributed by atoms with Crippen molar-refractivity contribution in [2.45, 2.75) is 12.8 Å². The van der Waals surface area contributed by atoms with Gasteiger partial charge >= 0.3 is 0 Å². The number of carbonyl (C=O) groups is 1. The van der Waals surface area contributed by atoms with Crippen LogP contribution in [0.25, 0.3) is 10.6 Å². The first-order valence-corrected chi connectivity index (χ1v) is 9.23. The minimum Gasteiger partial charge on any atom is -0.378 e. The summed E-state index contributed by atoms with van der Waals surface area (Å²) in [5.41, 5.74) is 1.48. The lowest BCUT2D eigenvalue weighted by molar-refractivity contribution is 0.0299. The fraction of sp³-hybridized carbons (Fsp3) is 0.471. The van der Waals surface area contributed by atoms with Crippen molar-refractivity contribution in [3.05, 3.63) is 29.4 Å². The molecule has 0 aliphatic carbocycles. The maximum absolute atomic E-state index is 12.5. The van der Waals surface area contributed by atoms with Crippen molar-refractivity contribution in [1.82, 2.24) is 14.9 Å². The van der Waals surface area contributed by atoms with E-state index in [9.17, 15) is 4.79 Å². The van der Waals surface area contributed by atoms with Gasteiger partial charge in [0.1, 0.15) is 16.5 Å². The Bertz CT molecular complexity index is 704. The molecule has 0 radical (unpaired) electrons. The number of amides is 1. The van der Waals surface area contributed by atoms with Crippen molar-refractivity contribution < 1.29 is 9.53 Å². The van der Waals surface area contributed by atoms with Gasteiger partial charge in [0.2, 0.25) is 0 Å². The van der Waals surface area contributed by atoms with E-state index in [1.54, 1.807) is 4.90 Å². The minimum absolute atomic E-state index is 0.0116. The van der Waals surface area contributed by atoms with Gasteiger partial charge in [-0.15, -0.1) is 11.3 Å². The topological polar surface area (TPSA) is 58.6 Å². The molecule has 2 aliphatic rings. The Balaban J connectivity index is 1.48. The summed E-state index contributed by atoms with van der Waals surface area (Å²) in [6.45, 7) is 4.65. The van der Waals surface area contributed by atoms with Crippen molar-refractivity contribution in [3.63, 3.8) is 0 Å². The highest BCUT2D eigenvalue weighted by Crippen LogP contribution is 2.26. The summed E-state index contributed by atoms with van der Waals surface area (Å²) in [7, 11) is 0. The van der Waals surface area contributed by atoms with Crippen LogP contribution in [0.1, 0.15) is 23.3 Å². The van der Waals surface area contributed by atoms with Gasteiger partial charge in [0, 0.05) is 43.3 Å². The maximum atomic E-state index is 12.5. The highest BCUT2D eigenvalue weighted by atomic mass is 32.1. The third kappa shape index (κ3) is 3.14. The molecule has 6 nitrogen and oxygen atoms in total. The molecule has 2 aromatic rings. The molecular weight excluding hydrogens is 324 g/mol. The van der Waals surface area contributed by atoms with Gasteiger partial charge in [0.15, 0.2) is 0 Å². The van der Waals surface area contributed by atoms with Crippen molar-refractivity contribution >= 4 is 23.1 Å².